The van der Waals surface area contributed by atoms with Gasteiger partial charge in [-0.3, -0.25) is 14.2 Å². The molecule has 3 rings (SSSR count). The topological polar surface area (TPSA) is 138 Å². The molecule has 3 N–H and O–H groups in total. The number of carbonyl (C=O) groups is 2. The Morgan fingerprint density at radius 1 is 1.39 bits per heavy atom. The van der Waals surface area contributed by atoms with E-state index in [0.717, 1.165) is 13.0 Å². The van der Waals surface area contributed by atoms with Gasteiger partial charge in [0.2, 0.25) is 0 Å². The van der Waals surface area contributed by atoms with E-state index in [1.165, 1.54) is 4.90 Å². The maximum Gasteiger partial charge on any atom is 0.418 e. The van der Waals surface area contributed by atoms with Crippen LogP contribution in [0, 0.1) is 0 Å². The molecule has 130 valence electrons. The van der Waals surface area contributed by atoms with E-state index < -0.39 is 34.4 Å². The van der Waals surface area contributed by atoms with Gasteiger partial charge in [0.05, 0.1) is 12.6 Å². The van der Waals surface area contributed by atoms with Crippen LogP contribution in [0.5, 0.6) is 0 Å². The minimum Gasteiger partial charge on any atom is -0.311 e. The lowest BCUT2D eigenvalue weighted by atomic mass is 10.0. The molecule has 23 heavy (non-hydrogen) atoms. The van der Waals surface area contributed by atoms with Gasteiger partial charge < -0.3 is 10.2 Å². The molecule has 0 spiro atoms. The third kappa shape index (κ3) is 3.55. The van der Waals surface area contributed by atoms with E-state index in [1.54, 1.807) is 0 Å². The van der Waals surface area contributed by atoms with E-state index in [-0.39, 0.29) is 12.6 Å². The summed E-state index contributed by atoms with van der Waals surface area (Å²) in [7, 11) is -4.79. The minimum absolute atomic E-state index is 0.149. The highest BCUT2D eigenvalue weighted by molar-refractivity contribution is 7.80. The lowest BCUT2D eigenvalue weighted by Crippen LogP contribution is -2.51. The Labute approximate surface area is 132 Å². The van der Waals surface area contributed by atoms with Crippen molar-refractivity contribution in [1.82, 2.24) is 20.8 Å². The number of rotatable bonds is 6. The standard InChI is InChI=1S/C11H18N4O7S/c16-10(13-21-6-7-3-4-12-7)9-2-1-8-5-14(9)11(17)15(8)22-23(18,19)20/h7-9,12H,1-6H2,(H,13,16)(H,18,19,20)/t7-,8?,9?/m0/s1. The van der Waals surface area contributed by atoms with Crippen molar-refractivity contribution in [3.63, 3.8) is 0 Å². The molecular formula is C11H18N4O7S. The van der Waals surface area contributed by atoms with Gasteiger partial charge in [0.25, 0.3) is 5.91 Å². The number of nitrogens with one attached hydrogen (secondary N) is 2. The summed E-state index contributed by atoms with van der Waals surface area (Å²) in [5, 5.41) is 3.71. The molecule has 3 amide bonds. The number of carbonyl (C=O) groups excluding carboxylic acids is 2. The molecule has 3 saturated heterocycles. The molecule has 0 saturated carbocycles. The average Bonchev–Trinajstić information content (AvgIpc) is 2.65. The van der Waals surface area contributed by atoms with E-state index in [9.17, 15) is 18.0 Å². The van der Waals surface area contributed by atoms with Gasteiger partial charge in [-0.1, -0.05) is 0 Å². The second-order valence-corrected chi connectivity index (χ2v) is 6.73. The number of hydroxylamine groups is 3. The van der Waals surface area contributed by atoms with Gasteiger partial charge >= 0.3 is 16.4 Å². The largest absolute Gasteiger partial charge is 0.418 e. The fourth-order valence-electron chi connectivity index (χ4n) is 2.88. The van der Waals surface area contributed by atoms with Gasteiger partial charge in [0.15, 0.2) is 0 Å². The summed E-state index contributed by atoms with van der Waals surface area (Å²) in [4.78, 5) is 30.6. The number of piperidine rings is 1. The Kier molecular flexibility index (Phi) is 4.42. The van der Waals surface area contributed by atoms with Crippen molar-refractivity contribution >= 4 is 22.3 Å². The Hall–Kier alpha value is -1.47. The normalized spacial score (nSPS) is 30.3. The molecule has 0 aromatic heterocycles. The van der Waals surface area contributed by atoms with Crippen LogP contribution < -0.4 is 10.8 Å². The highest BCUT2D eigenvalue weighted by Gasteiger charge is 2.49. The van der Waals surface area contributed by atoms with Crippen molar-refractivity contribution in [3.05, 3.63) is 0 Å². The number of hydrogen-bond donors (Lipinski definition) is 3. The summed E-state index contributed by atoms with van der Waals surface area (Å²) in [6.07, 6.45) is 1.70. The lowest BCUT2D eigenvalue weighted by Gasteiger charge is -2.30. The van der Waals surface area contributed by atoms with Crippen molar-refractivity contribution in [2.24, 2.45) is 0 Å². The van der Waals surface area contributed by atoms with Crippen LogP contribution in [0.3, 0.4) is 0 Å². The number of amides is 3. The molecule has 2 bridgehead atoms. The third-order valence-electron chi connectivity index (χ3n) is 4.18. The maximum absolute atomic E-state index is 12.1. The SMILES string of the molecule is O=C(NOC[C@@H]1CCN1)C1CCC2CN1C(=O)N2OS(=O)(=O)O. The van der Waals surface area contributed by atoms with Crippen LogP contribution in [-0.4, -0.2) is 72.7 Å². The first-order valence-electron chi connectivity index (χ1n) is 7.27. The van der Waals surface area contributed by atoms with Crippen molar-refractivity contribution < 1.29 is 31.7 Å². The van der Waals surface area contributed by atoms with Crippen molar-refractivity contribution in [2.75, 3.05) is 19.7 Å². The van der Waals surface area contributed by atoms with Crippen LogP contribution in [0.1, 0.15) is 19.3 Å². The van der Waals surface area contributed by atoms with Gasteiger partial charge in [0.1, 0.15) is 6.04 Å². The summed E-state index contributed by atoms with van der Waals surface area (Å²) < 4.78 is 34.6. The maximum atomic E-state index is 12.1. The molecular weight excluding hydrogens is 332 g/mol. The molecule has 11 nitrogen and oxygen atoms in total. The van der Waals surface area contributed by atoms with E-state index >= 15 is 0 Å². The molecule has 3 heterocycles. The Balaban J connectivity index is 1.56. The van der Waals surface area contributed by atoms with Crippen molar-refractivity contribution in [1.29, 1.82) is 0 Å². The van der Waals surface area contributed by atoms with Crippen LogP contribution in [0.2, 0.25) is 0 Å². The van der Waals surface area contributed by atoms with Crippen LogP contribution in [0.4, 0.5) is 4.79 Å². The second kappa shape index (κ2) is 6.20. The Bertz CT molecular complexity index is 593. The number of nitrogens with zero attached hydrogens (tertiary/aromatic N) is 2. The molecule has 3 aliphatic heterocycles. The molecule has 0 aliphatic carbocycles. The molecule has 0 aromatic carbocycles. The summed E-state index contributed by atoms with van der Waals surface area (Å²) in [6.45, 7) is 1.42. The zero-order valence-electron chi connectivity index (χ0n) is 12.2. The van der Waals surface area contributed by atoms with E-state index in [0.29, 0.717) is 24.5 Å². The molecule has 0 aromatic rings. The summed E-state index contributed by atoms with van der Waals surface area (Å²) in [6, 6.07) is -1.83. The molecule has 3 aliphatic rings. The number of urea groups is 1. The molecule has 3 atom stereocenters. The van der Waals surface area contributed by atoms with Crippen LogP contribution >= 0.6 is 0 Å². The minimum atomic E-state index is -4.79. The van der Waals surface area contributed by atoms with Gasteiger partial charge in [-0.05, 0) is 25.8 Å². The molecule has 2 unspecified atom stereocenters. The second-order valence-electron chi connectivity index (χ2n) is 5.73. The Morgan fingerprint density at radius 3 is 2.74 bits per heavy atom. The number of fused-ring (bicyclic) bond motifs is 2. The third-order valence-corrected chi connectivity index (χ3v) is 4.53. The molecule has 3 fully saturated rings. The summed E-state index contributed by atoms with van der Waals surface area (Å²) >= 11 is 0. The quantitative estimate of drug-likeness (QED) is 0.385. The van der Waals surface area contributed by atoms with Crippen LogP contribution in [0.25, 0.3) is 0 Å². The average molecular weight is 350 g/mol. The highest BCUT2D eigenvalue weighted by Crippen LogP contribution is 2.30. The van der Waals surface area contributed by atoms with E-state index in [1.807, 2.05) is 0 Å². The first-order valence-corrected chi connectivity index (χ1v) is 8.63. The van der Waals surface area contributed by atoms with Crippen molar-refractivity contribution in [3.8, 4) is 0 Å². The zero-order chi connectivity index (χ0) is 16.6. The monoisotopic (exact) mass is 350 g/mol. The number of hydrogen-bond acceptors (Lipinski definition) is 7. The van der Waals surface area contributed by atoms with Gasteiger partial charge in [-0.25, -0.2) is 10.3 Å². The fourth-order valence-corrected chi connectivity index (χ4v) is 3.26. The summed E-state index contributed by atoms with van der Waals surface area (Å²) in [5.74, 6) is -0.468. The zero-order valence-corrected chi connectivity index (χ0v) is 13.0. The predicted molar refractivity (Wildman–Crippen MR) is 73.9 cm³/mol. The first-order chi connectivity index (χ1) is 10.8. The molecule has 0 radical (unpaired) electrons. The van der Waals surface area contributed by atoms with Crippen LogP contribution in [-0.2, 0) is 24.3 Å². The van der Waals surface area contributed by atoms with E-state index in [2.05, 4.69) is 15.1 Å². The first kappa shape index (κ1) is 16.4. The van der Waals surface area contributed by atoms with E-state index in [4.69, 9.17) is 9.39 Å². The van der Waals surface area contributed by atoms with Crippen LogP contribution in [0.15, 0.2) is 0 Å². The summed E-state index contributed by atoms with van der Waals surface area (Å²) in [5.41, 5.74) is 2.32. The van der Waals surface area contributed by atoms with Crippen molar-refractivity contribution in [2.45, 2.75) is 37.4 Å². The van der Waals surface area contributed by atoms with Gasteiger partial charge in [-0.2, -0.15) is 13.5 Å². The highest BCUT2D eigenvalue weighted by atomic mass is 32.3. The van der Waals surface area contributed by atoms with Gasteiger partial charge in [-0.15, -0.1) is 4.28 Å². The smallest absolute Gasteiger partial charge is 0.311 e. The fraction of sp³-hybridized carbons (Fsp3) is 0.818. The Morgan fingerprint density at radius 2 is 2.13 bits per heavy atom. The van der Waals surface area contributed by atoms with Gasteiger partial charge in [0, 0.05) is 12.6 Å². The molecule has 12 heteroatoms. The lowest BCUT2D eigenvalue weighted by molar-refractivity contribution is -0.139. The predicted octanol–water partition coefficient (Wildman–Crippen LogP) is -1.60.